The summed E-state index contributed by atoms with van der Waals surface area (Å²) >= 11 is 0. The lowest BCUT2D eigenvalue weighted by atomic mass is 10.3. The van der Waals surface area contributed by atoms with Crippen LogP contribution in [0.4, 0.5) is 0 Å². The van der Waals surface area contributed by atoms with E-state index in [1.165, 1.54) is 0 Å². The molecule has 0 aromatic carbocycles. The maximum absolute atomic E-state index is 5.41. The van der Waals surface area contributed by atoms with E-state index in [-0.39, 0.29) is 0 Å². The van der Waals surface area contributed by atoms with Crippen LogP contribution in [0.2, 0.25) is 0 Å². The van der Waals surface area contributed by atoms with E-state index in [0.29, 0.717) is 6.54 Å². The summed E-state index contributed by atoms with van der Waals surface area (Å²) in [6.07, 6.45) is 3.47. The van der Waals surface area contributed by atoms with E-state index in [1.54, 1.807) is 10.7 Å². The molecule has 68 valence electrons. The number of nitrogens with zero attached hydrogens (tertiary/aromatic N) is 4. The fourth-order valence-electron chi connectivity index (χ4n) is 1.21. The number of nitrogens with two attached hydrogens (primary N) is 1. The van der Waals surface area contributed by atoms with E-state index in [4.69, 9.17) is 5.73 Å². The summed E-state index contributed by atoms with van der Waals surface area (Å²) in [5, 5.41) is 12.2. The molecule has 0 spiro atoms. The lowest BCUT2D eigenvalue weighted by Crippen LogP contribution is -2.04. The van der Waals surface area contributed by atoms with Gasteiger partial charge in [0.15, 0.2) is 11.5 Å². The van der Waals surface area contributed by atoms with E-state index in [9.17, 15) is 0 Å². The molecule has 0 saturated carbocycles. The van der Waals surface area contributed by atoms with Crippen LogP contribution < -0.4 is 5.73 Å². The first kappa shape index (κ1) is 8.12. The third-order valence-electron chi connectivity index (χ3n) is 1.85. The first-order valence-electron chi connectivity index (χ1n) is 4.27. The molecule has 0 aliphatic carbocycles. The van der Waals surface area contributed by atoms with Gasteiger partial charge >= 0.3 is 0 Å². The second kappa shape index (κ2) is 3.49. The third-order valence-corrected chi connectivity index (χ3v) is 1.85. The molecule has 2 heterocycles. The van der Waals surface area contributed by atoms with Crippen molar-refractivity contribution < 1.29 is 0 Å². The van der Waals surface area contributed by atoms with E-state index < -0.39 is 0 Å². The Morgan fingerprint density at radius 3 is 3.15 bits per heavy atom. The first-order chi connectivity index (χ1) is 6.42. The van der Waals surface area contributed by atoms with Crippen LogP contribution in [0.1, 0.15) is 12.2 Å². The molecule has 2 aromatic rings. The van der Waals surface area contributed by atoms with Crippen molar-refractivity contribution in [1.82, 2.24) is 19.8 Å². The van der Waals surface area contributed by atoms with Gasteiger partial charge in [-0.1, -0.05) is 0 Å². The van der Waals surface area contributed by atoms with E-state index >= 15 is 0 Å². The molecule has 13 heavy (non-hydrogen) atoms. The van der Waals surface area contributed by atoms with Crippen molar-refractivity contribution in [2.45, 2.75) is 12.8 Å². The molecule has 5 heteroatoms. The summed E-state index contributed by atoms with van der Waals surface area (Å²) in [4.78, 5) is 0. The van der Waals surface area contributed by atoms with Gasteiger partial charge in [-0.25, -0.2) is 0 Å². The van der Waals surface area contributed by atoms with Gasteiger partial charge in [-0.05, 0) is 25.1 Å². The predicted octanol–water partition coefficient (Wildman–Crippen LogP) is 0.0156. The quantitative estimate of drug-likeness (QED) is 0.717. The molecule has 0 saturated heterocycles. The number of rotatable bonds is 3. The Morgan fingerprint density at radius 2 is 2.31 bits per heavy atom. The van der Waals surface area contributed by atoms with Crippen LogP contribution >= 0.6 is 0 Å². The molecule has 0 aliphatic rings. The third kappa shape index (κ3) is 1.50. The summed E-state index contributed by atoms with van der Waals surface area (Å²) in [5.74, 6) is 0.876. The van der Waals surface area contributed by atoms with Crippen molar-refractivity contribution in [2.24, 2.45) is 5.73 Å². The Morgan fingerprint density at radius 1 is 1.38 bits per heavy atom. The van der Waals surface area contributed by atoms with Crippen molar-refractivity contribution in [2.75, 3.05) is 6.54 Å². The number of hydrogen-bond donors (Lipinski definition) is 1. The zero-order valence-electron chi connectivity index (χ0n) is 7.22. The fourth-order valence-corrected chi connectivity index (χ4v) is 1.21. The Kier molecular flexibility index (Phi) is 2.18. The number of aromatic nitrogens is 4. The molecule has 0 bridgehead atoms. The molecule has 5 nitrogen and oxygen atoms in total. The minimum atomic E-state index is 0.668. The van der Waals surface area contributed by atoms with Crippen LogP contribution in [-0.4, -0.2) is 26.4 Å². The molecular formula is C8H11N5. The van der Waals surface area contributed by atoms with Gasteiger partial charge in [-0.3, -0.25) is 0 Å². The molecule has 0 aliphatic heterocycles. The Labute approximate surface area is 75.6 Å². The van der Waals surface area contributed by atoms with Gasteiger partial charge in [0.1, 0.15) is 0 Å². The summed E-state index contributed by atoms with van der Waals surface area (Å²) < 4.78 is 1.75. The fraction of sp³-hybridized carbons (Fsp3) is 0.375. The monoisotopic (exact) mass is 177 g/mol. The number of hydrogen-bond acceptors (Lipinski definition) is 4. The molecule has 0 atom stereocenters. The van der Waals surface area contributed by atoms with Crippen LogP contribution in [0, 0.1) is 0 Å². The van der Waals surface area contributed by atoms with Gasteiger partial charge in [0, 0.05) is 12.6 Å². The van der Waals surface area contributed by atoms with Crippen LogP contribution in [0.3, 0.4) is 0 Å². The maximum atomic E-state index is 5.41. The summed E-state index contributed by atoms with van der Waals surface area (Å²) in [7, 11) is 0. The standard InChI is InChI=1S/C8H11N5/c9-5-1-3-7-11-12-8-4-2-6-10-13(7)8/h2,4,6H,1,3,5,9H2. The minimum Gasteiger partial charge on any atom is -0.330 e. The summed E-state index contributed by atoms with van der Waals surface area (Å²) in [6.45, 7) is 0.668. The highest BCUT2D eigenvalue weighted by molar-refractivity contribution is 5.34. The first-order valence-corrected chi connectivity index (χ1v) is 4.27. The van der Waals surface area contributed by atoms with Gasteiger partial charge in [0.05, 0.1) is 0 Å². The summed E-state index contributed by atoms with van der Waals surface area (Å²) in [6, 6.07) is 3.72. The van der Waals surface area contributed by atoms with Gasteiger partial charge in [-0.15, -0.1) is 10.2 Å². The zero-order chi connectivity index (χ0) is 9.10. The maximum Gasteiger partial charge on any atom is 0.177 e. The van der Waals surface area contributed by atoms with Crippen molar-refractivity contribution in [3.63, 3.8) is 0 Å². The van der Waals surface area contributed by atoms with E-state index in [1.807, 2.05) is 12.1 Å². The topological polar surface area (TPSA) is 69.1 Å². The van der Waals surface area contributed by atoms with Gasteiger partial charge in [-0.2, -0.15) is 9.61 Å². The van der Waals surface area contributed by atoms with E-state index in [2.05, 4.69) is 15.3 Å². The van der Waals surface area contributed by atoms with Crippen LogP contribution in [-0.2, 0) is 6.42 Å². The van der Waals surface area contributed by atoms with E-state index in [0.717, 1.165) is 24.3 Å². The van der Waals surface area contributed by atoms with Gasteiger partial charge in [0.2, 0.25) is 0 Å². The molecule has 0 amide bonds. The van der Waals surface area contributed by atoms with Crippen LogP contribution in [0.25, 0.3) is 5.65 Å². The molecular weight excluding hydrogens is 166 g/mol. The Balaban J connectivity index is 2.35. The SMILES string of the molecule is NCCCc1nnc2cccnn12. The van der Waals surface area contributed by atoms with Crippen molar-refractivity contribution in [3.8, 4) is 0 Å². The second-order valence-electron chi connectivity index (χ2n) is 2.80. The summed E-state index contributed by atoms with van der Waals surface area (Å²) in [5.41, 5.74) is 6.20. The average molecular weight is 177 g/mol. The minimum absolute atomic E-state index is 0.668. The highest BCUT2D eigenvalue weighted by Crippen LogP contribution is 2.01. The van der Waals surface area contributed by atoms with Crippen LogP contribution in [0.5, 0.6) is 0 Å². The van der Waals surface area contributed by atoms with Crippen molar-refractivity contribution in [1.29, 1.82) is 0 Å². The van der Waals surface area contributed by atoms with Crippen LogP contribution in [0.15, 0.2) is 18.3 Å². The highest BCUT2D eigenvalue weighted by atomic mass is 15.4. The Bertz CT molecular complexity index is 394. The molecule has 2 rings (SSSR count). The molecule has 0 unspecified atom stereocenters. The lowest BCUT2D eigenvalue weighted by Gasteiger charge is -1.95. The zero-order valence-corrected chi connectivity index (χ0v) is 7.22. The molecule has 2 N–H and O–H groups in total. The number of aryl methyl sites for hydroxylation is 1. The van der Waals surface area contributed by atoms with Gasteiger partial charge < -0.3 is 5.73 Å². The second-order valence-corrected chi connectivity index (χ2v) is 2.80. The normalized spacial score (nSPS) is 10.8. The molecule has 0 radical (unpaired) electrons. The lowest BCUT2D eigenvalue weighted by molar-refractivity contribution is 0.739. The molecule has 0 fully saturated rings. The predicted molar refractivity (Wildman–Crippen MR) is 48.2 cm³/mol. The average Bonchev–Trinajstić information content (AvgIpc) is 2.58. The molecule has 2 aromatic heterocycles. The highest BCUT2D eigenvalue weighted by Gasteiger charge is 2.03. The van der Waals surface area contributed by atoms with Gasteiger partial charge in [0.25, 0.3) is 0 Å². The largest absolute Gasteiger partial charge is 0.330 e. The smallest absolute Gasteiger partial charge is 0.177 e. The Hall–Kier alpha value is -1.49. The number of fused-ring (bicyclic) bond motifs is 1. The van der Waals surface area contributed by atoms with Crippen molar-refractivity contribution in [3.05, 3.63) is 24.2 Å². The van der Waals surface area contributed by atoms with Crippen molar-refractivity contribution >= 4 is 5.65 Å².